The van der Waals surface area contributed by atoms with Crippen LogP contribution in [-0.2, 0) is 12.8 Å². The summed E-state index contributed by atoms with van der Waals surface area (Å²) in [5, 5.41) is 12.8. The van der Waals surface area contributed by atoms with Crippen molar-refractivity contribution in [2.45, 2.75) is 25.7 Å². The minimum absolute atomic E-state index is 0.231. The number of carbonyl (C=O) groups excluding carboxylic acids is 1. The van der Waals surface area contributed by atoms with Crippen molar-refractivity contribution in [1.29, 1.82) is 0 Å². The number of amides is 1. The number of ether oxygens (including phenoxy) is 2. The number of nitrogens with one attached hydrogen (secondary N) is 1. The van der Waals surface area contributed by atoms with Crippen LogP contribution in [0.15, 0.2) is 18.2 Å². The fourth-order valence-corrected chi connectivity index (χ4v) is 4.58. The molecule has 0 spiro atoms. The number of hydrogen-bond acceptors (Lipinski definition) is 5. The lowest BCUT2D eigenvalue weighted by Crippen LogP contribution is -2.20. The molecule has 0 atom stereocenters. The van der Waals surface area contributed by atoms with Gasteiger partial charge in [0.1, 0.15) is 18.2 Å². The number of carbonyl (C=O) groups is 2. The second kappa shape index (κ2) is 6.40. The van der Waals surface area contributed by atoms with Crippen LogP contribution in [0.25, 0.3) is 0 Å². The number of hydrogen-bond donors (Lipinski definition) is 2. The summed E-state index contributed by atoms with van der Waals surface area (Å²) in [4.78, 5) is 25.5. The van der Waals surface area contributed by atoms with Gasteiger partial charge in [0.25, 0.3) is 5.91 Å². The predicted molar refractivity (Wildman–Crippen MR) is 93.3 cm³/mol. The van der Waals surface area contributed by atoms with Crippen LogP contribution in [-0.4, -0.2) is 30.2 Å². The van der Waals surface area contributed by atoms with Gasteiger partial charge >= 0.3 is 5.97 Å². The van der Waals surface area contributed by atoms with E-state index in [-0.39, 0.29) is 11.5 Å². The Morgan fingerprint density at radius 1 is 1.12 bits per heavy atom. The fourth-order valence-electron chi connectivity index (χ4n) is 3.30. The Balaban J connectivity index is 1.68. The van der Waals surface area contributed by atoms with Gasteiger partial charge in [0, 0.05) is 4.88 Å². The minimum atomic E-state index is -0.996. The molecule has 2 N–H and O–H groups in total. The summed E-state index contributed by atoms with van der Waals surface area (Å²) in [5.41, 5.74) is 1.45. The molecule has 2 aliphatic rings. The lowest BCUT2D eigenvalue weighted by Gasteiger charge is -2.20. The van der Waals surface area contributed by atoms with E-state index in [1.807, 2.05) is 0 Å². The van der Waals surface area contributed by atoms with Crippen molar-refractivity contribution in [3.8, 4) is 11.5 Å². The third-order valence-corrected chi connectivity index (χ3v) is 5.63. The van der Waals surface area contributed by atoms with Crippen molar-refractivity contribution in [2.75, 3.05) is 18.5 Å². The van der Waals surface area contributed by atoms with Crippen molar-refractivity contribution < 1.29 is 24.2 Å². The number of anilines is 1. The number of thiophene rings is 1. The van der Waals surface area contributed by atoms with Crippen LogP contribution in [0, 0.1) is 0 Å². The normalized spacial score (nSPS) is 15.4. The Kier molecular flexibility index (Phi) is 4.09. The summed E-state index contributed by atoms with van der Waals surface area (Å²) in [7, 11) is 0. The topological polar surface area (TPSA) is 84.9 Å². The zero-order chi connectivity index (χ0) is 17.4. The third-order valence-electron chi connectivity index (χ3n) is 4.42. The highest BCUT2D eigenvalue weighted by Crippen LogP contribution is 2.39. The molecule has 2 heterocycles. The van der Waals surface area contributed by atoms with E-state index < -0.39 is 5.97 Å². The van der Waals surface area contributed by atoms with Crippen LogP contribution in [0.4, 0.5) is 5.00 Å². The van der Waals surface area contributed by atoms with Gasteiger partial charge in [0.2, 0.25) is 0 Å². The van der Waals surface area contributed by atoms with E-state index in [1.54, 1.807) is 18.2 Å². The zero-order valence-corrected chi connectivity index (χ0v) is 14.3. The van der Waals surface area contributed by atoms with Gasteiger partial charge in [0.05, 0.1) is 11.1 Å². The molecule has 1 aliphatic heterocycles. The Labute approximate surface area is 148 Å². The Morgan fingerprint density at radius 2 is 1.92 bits per heavy atom. The maximum Gasteiger partial charge on any atom is 0.339 e. The first-order chi connectivity index (χ1) is 12.1. The molecule has 0 fully saturated rings. The average molecular weight is 359 g/mol. The first kappa shape index (κ1) is 16.0. The van der Waals surface area contributed by atoms with E-state index in [0.29, 0.717) is 35.3 Å². The molecule has 1 amide bonds. The number of para-hydroxylation sites is 1. The molecular formula is C18H17NO5S. The lowest BCUT2D eigenvalue weighted by molar-refractivity contribution is 0.0697. The first-order valence-electron chi connectivity index (χ1n) is 8.23. The molecule has 0 radical (unpaired) electrons. The van der Waals surface area contributed by atoms with E-state index in [0.717, 1.165) is 36.1 Å². The molecule has 0 saturated carbocycles. The van der Waals surface area contributed by atoms with Crippen LogP contribution >= 0.6 is 11.3 Å². The van der Waals surface area contributed by atoms with Crippen LogP contribution in [0.2, 0.25) is 0 Å². The first-order valence-corrected chi connectivity index (χ1v) is 9.04. The molecule has 25 heavy (non-hydrogen) atoms. The van der Waals surface area contributed by atoms with Gasteiger partial charge in [0.15, 0.2) is 11.5 Å². The summed E-state index contributed by atoms with van der Waals surface area (Å²) in [5.74, 6) is -0.444. The van der Waals surface area contributed by atoms with Crippen LogP contribution in [0.5, 0.6) is 11.5 Å². The maximum absolute atomic E-state index is 12.7. The maximum atomic E-state index is 12.7. The number of rotatable bonds is 3. The Hall–Kier alpha value is -2.54. The standard InChI is InChI=1S/C18H17NO5S/c20-16(11-5-3-6-12-15(11)24-9-8-23-12)19-17-14(18(21)22)10-4-1-2-7-13(10)25-17/h3,5-6H,1-2,4,7-9H2,(H,19,20)(H,21,22). The van der Waals surface area contributed by atoms with Gasteiger partial charge in [-0.1, -0.05) is 6.07 Å². The summed E-state index contributed by atoms with van der Waals surface area (Å²) >= 11 is 1.37. The van der Waals surface area contributed by atoms with Crippen LogP contribution in [0.3, 0.4) is 0 Å². The minimum Gasteiger partial charge on any atom is -0.486 e. The number of fused-ring (bicyclic) bond motifs is 2. The molecule has 1 aromatic carbocycles. The molecule has 0 unspecified atom stereocenters. The zero-order valence-electron chi connectivity index (χ0n) is 13.5. The van der Waals surface area contributed by atoms with Gasteiger partial charge < -0.3 is 19.9 Å². The van der Waals surface area contributed by atoms with E-state index in [9.17, 15) is 14.7 Å². The molecule has 130 valence electrons. The van der Waals surface area contributed by atoms with Crippen molar-refractivity contribution >= 4 is 28.2 Å². The quantitative estimate of drug-likeness (QED) is 0.878. The van der Waals surface area contributed by atoms with Crippen molar-refractivity contribution in [2.24, 2.45) is 0 Å². The predicted octanol–water partition coefficient (Wildman–Crippen LogP) is 3.35. The number of carboxylic acids is 1. The molecule has 6 nitrogen and oxygen atoms in total. The molecule has 0 saturated heterocycles. The van der Waals surface area contributed by atoms with E-state index in [4.69, 9.17) is 9.47 Å². The van der Waals surface area contributed by atoms with Gasteiger partial charge in [-0.2, -0.15) is 0 Å². The fraction of sp³-hybridized carbons (Fsp3) is 0.333. The molecule has 2 aromatic rings. The Bertz CT molecular complexity index is 857. The summed E-state index contributed by atoms with van der Waals surface area (Å²) in [6, 6.07) is 5.12. The van der Waals surface area contributed by atoms with Crippen LogP contribution < -0.4 is 14.8 Å². The van der Waals surface area contributed by atoms with Crippen LogP contribution in [0.1, 0.15) is 44.0 Å². The smallest absolute Gasteiger partial charge is 0.339 e. The van der Waals surface area contributed by atoms with Gasteiger partial charge in [-0.25, -0.2) is 4.79 Å². The Morgan fingerprint density at radius 3 is 2.76 bits per heavy atom. The summed E-state index contributed by atoms with van der Waals surface area (Å²) in [6.07, 6.45) is 3.65. The number of aromatic carboxylic acids is 1. The number of carboxylic acid groups (broad SMARTS) is 1. The van der Waals surface area contributed by atoms with E-state index >= 15 is 0 Å². The summed E-state index contributed by atoms with van der Waals surface area (Å²) < 4.78 is 11.1. The molecule has 4 rings (SSSR count). The second-order valence-corrected chi connectivity index (χ2v) is 7.11. The lowest BCUT2D eigenvalue weighted by atomic mass is 9.95. The van der Waals surface area contributed by atoms with E-state index in [1.165, 1.54) is 11.3 Å². The largest absolute Gasteiger partial charge is 0.486 e. The summed E-state index contributed by atoms with van der Waals surface area (Å²) in [6.45, 7) is 0.823. The number of benzene rings is 1. The number of aryl methyl sites for hydroxylation is 1. The highest BCUT2D eigenvalue weighted by Gasteiger charge is 2.27. The highest BCUT2D eigenvalue weighted by atomic mass is 32.1. The molecule has 7 heteroatoms. The van der Waals surface area contributed by atoms with Gasteiger partial charge in [-0.05, 0) is 43.4 Å². The van der Waals surface area contributed by atoms with Crippen molar-refractivity contribution in [3.05, 3.63) is 39.8 Å². The molecule has 0 bridgehead atoms. The second-order valence-electron chi connectivity index (χ2n) is 6.00. The molecule has 1 aromatic heterocycles. The van der Waals surface area contributed by atoms with Crippen molar-refractivity contribution in [3.63, 3.8) is 0 Å². The van der Waals surface area contributed by atoms with E-state index in [2.05, 4.69) is 5.32 Å². The SMILES string of the molecule is O=C(Nc1sc2c(c1C(=O)O)CCCC2)c1cccc2c1OCCO2. The van der Waals surface area contributed by atoms with Gasteiger partial charge in [-0.3, -0.25) is 4.79 Å². The molecular weight excluding hydrogens is 342 g/mol. The van der Waals surface area contributed by atoms with Crippen molar-refractivity contribution in [1.82, 2.24) is 0 Å². The molecule has 1 aliphatic carbocycles. The average Bonchev–Trinajstić information content (AvgIpc) is 2.99. The van der Waals surface area contributed by atoms with Gasteiger partial charge in [-0.15, -0.1) is 11.3 Å². The third kappa shape index (κ3) is 2.84. The monoisotopic (exact) mass is 359 g/mol. The highest BCUT2D eigenvalue weighted by molar-refractivity contribution is 7.17.